The Kier molecular flexibility index (Phi) is 3.24. The van der Waals surface area contributed by atoms with E-state index in [-0.39, 0.29) is 5.56 Å². The molecular formula is C10H8ClN3O3. The van der Waals surface area contributed by atoms with Gasteiger partial charge in [0.25, 0.3) is 0 Å². The summed E-state index contributed by atoms with van der Waals surface area (Å²) >= 11 is 5.92. The predicted octanol–water partition coefficient (Wildman–Crippen LogP) is 2.03. The Morgan fingerprint density at radius 2 is 2.35 bits per heavy atom. The van der Waals surface area contributed by atoms with E-state index in [2.05, 4.69) is 20.0 Å². The zero-order chi connectivity index (χ0) is 12.3. The van der Waals surface area contributed by atoms with Gasteiger partial charge in [0.15, 0.2) is 5.82 Å². The Morgan fingerprint density at radius 1 is 1.53 bits per heavy atom. The highest BCUT2D eigenvalue weighted by molar-refractivity contribution is 6.33. The van der Waals surface area contributed by atoms with E-state index in [0.717, 1.165) is 0 Å². The van der Waals surface area contributed by atoms with Crippen LogP contribution in [0.2, 0.25) is 5.02 Å². The number of nitrogens with one attached hydrogen (secondary N) is 1. The molecule has 1 aromatic heterocycles. The third-order valence-electron chi connectivity index (χ3n) is 2.06. The van der Waals surface area contributed by atoms with E-state index in [9.17, 15) is 4.79 Å². The first-order chi connectivity index (χ1) is 8.16. The van der Waals surface area contributed by atoms with Crippen molar-refractivity contribution in [3.63, 3.8) is 0 Å². The molecule has 17 heavy (non-hydrogen) atoms. The molecule has 7 heteroatoms. The summed E-state index contributed by atoms with van der Waals surface area (Å²) in [6.07, 6.45) is 1.23. The second kappa shape index (κ2) is 4.84. The van der Waals surface area contributed by atoms with Crippen LogP contribution < -0.4 is 5.32 Å². The average Bonchev–Trinajstić information content (AvgIpc) is 2.80. The van der Waals surface area contributed by atoms with Crippen LogP contribution in [-0.4, -0.2) is 21.2 Å². The molecule has 2 rings (SSSR count). The van der Waals surface area contributed by atoms with Gasteiger partial charge in [-0.3, -0.25) is 0 Å². The van der Waals surface area contributed by atoms with Crippen LogP contribution in [0, 0.1) is 0 Å². The lowest BCUT2D eigenvalue weighted by Gasteiger charge is -2.06. The minimum absolute atomic E-state index is 0.139. The molecular weight excluding hydrogens is 246 g/mol. The molecule has 0 saturated heterocycles. The Hall–Kier alpha value is -2.08. The van der Waals surface area contributed by atoms with E-state index in [4.69, 9.17) is 16.7 Å². The third kappa shape index (κ3) is 2.73. The van der Waals surface area contributed by atoms with Crippen LogP contribution in [0.3, 0.4) is 0 Å². The molecule has 0 unspecified atom stereocenters. The quantitative estimate of drug-likeness (QED) is 0.867. The van der Waals surface area contributed by atoms with Crippen molar-refractivity contribution in [1.29, 1.82) is 0 Å². The van der Waals surface area contributed by atoms with Gasteiger partial charge in [0.05, 0.1) is 22.8 Å². The number of hydrogen-bond acceptors (Lipinski definition) is 5. The first-order valence-electron chi connectivity index (χ1n) is 4.69. The normalized spacial score (nSPS) is 10.2. The molecule has 0 fully saturated rings. The number of aromatic nitrogens is 2. The summed E-state index contributed by atoms with van der Waals surface area (Å²) < 4.78 is 4.57. The van der Waals surface area contributed by atoms with Crippen LogP contribution in [0.1, 0.15) is 16.2 Å². The topological polar surface area (TPSA) is 88.2 Å². The van der Waals surface area contributed by atoms with Crippen molar-refractivity contribution in [2.75, 3.05) is 5.32 Å². The number of nitrogens with zero attached hydrogens (tertiary/aromatic N) is 2. The van der Waals surface area contributed by atoms with E-state index < -0.39 is 5.97 Å². The predicted molar refractivity (Wildman–Crippen MR) is 60.0 cm³/mol. The van der Waals surface area contributed by atoms with E-state index >= 15 is 0 Å². The highest BCUT2D eigenvalue weighted by Crippen LogP contribution is 2.23. The first kappa shape index (κ1) is 11.4. The molecule has 2 aromatic rings. The molecule has 0 atom stereocenters. The minimum Gasteiger partial charge on any atom is -0.478 e. The summed E-state index contributed by atoms with van der Waals surface area (Å²) in [7, 11) is 0. The smallest absolute Gasteiger partial charge is 0.335 e. The highest BCUT2D eigenvalue weighted by atomic mass is 35.5. The van der Waals surface area contributed by atoms with Gasteiger partial charge in [0, 0.05) is 0 Å². The van der Waals surface area contributed by atoms with Gasteiger partial charge >= 0.3 is 5.97 Å². The van der Waals surface area contributed by atoms with E-state index in [1.807, 2.05) is 0 Å². The first-order valence-corrected chi connectivity index (χ1v) is 5.06. The molecule has 0 radical (unpaired) electrons. The summed E-state index contributed by atoms with van der Waals surface area (Å²) in [5, 5.41) is 15.7. The van der Waals surface area contributed by atoms with Crippen molar-refractivity contribution in [3.05, 3.63) is 41.0 Å². The summed E-state index contributed by atoms with van der Waals surface area (Å²) in [5.41, 5.74) is 0.751. The van der Waals surface area contributed by atoms with Crippen LogP contribution >= 0.6 is 11.6 Å². The maximum Gasteiger partial charge on any atom is 0.335 e. The van der Waals surface area contributed by atoms with Gasteiger partial charge in [-0.05, 0) is 18.2 Å². The summed E-state index contributed by atoms with van der Waals surface area (Å²) in [6.45, 7) is 0.350. The van der Waals surface area contributed by atoms with Crippen molar-refractivity contribution < 1.29 is 14.4 Å². The summed E-state index contributed by atoms with van der Waals surface area (Å²) in [5.74, 6) is -0.528. The Bertz CT molecular complexity index is 528. The molecule has 0 bridgehead atoms. The molecule has 0 aliphatic carbocycles. The highest BCUT2D eigenvalue weighted by Gasteiger charge is 2.07. The van der Waals surface area contributed by atoms with Crippen molar-refractivity contribution in [1.82, 2.24) is 10.1 Å². The van der Waals surface area contributed by atoms with Crippen LogP contribution in [0.5, 0.6) is 0 Å². The molecule has 1 heterocycles. The van der Waals surface area contributed by atoms with Crippen LogP contribution in [-0.2, 0) is 6.54 Å². The Balaban J connectivity index is 2.09. The monoisotopic (exact) mass is 253 g/mol. The maximum absolute atomic E-state index is 10.7. The zero-order valence-corrected chi connectivity index (χ0v) is 9.31. The number of rotatable bonds is 4. The second-order valence-corrected chi connectivity index (χ2v) is 3.61. The lowest BCUT2D eigenvalue weighted by molar-refractivity contribution is 0.0697. The standard InChI is InChI=1S/C10H8ClN3O3/c11-7-3-6(10(15)16)1-2-8(7)12-4-9-13-5-17-14-9/h1-3,5,12H,4H2,(H,15,16). The zero-order valence-electron chi connectivity index (χ0n) is 8.55. The van der Waals surface area contributed by atoms with Gasteiger partial charge < -0.3 is 14.9 Å². The van der Waals surface area contributed by atoms with Crippen molar-refractivity contribution in [3.8, 4) is 0 Å². The molecule has 0 aliphatic rings. The Morgan fingerprint density at radius 3 is 2.94 bits per heavy atom. The van der Waals surface area contributed by atoms with Crippen molar-refractivity contribution >= 4 is 23.3 Å². The molecule has 6 nitrogen and oxygen atoms in total. The largest absolute Gasteiger partial charge is 0.478 e. The number of carboxylic acid groups (broad SMARTS) is 1. The molecule has 0 saturated carbocycles. The van der Waals surface area contributed by atoms with Gasteiger partial charge in [0.1, 0.15) is 0 Å². The summed E-state index contributed by atoms with van der Waals surface area (Å²) in [4.78, 5) is 14.5. The average molecular weight is 254 g/mol. The molecule has 0 amide bonds. The van der Waals surface area contributed by atoms with E-state index in [1.54, 1.807) is 6.07 Å². The van der Waals surface area contributed by atoms with Crippen LogP contribution in [0.15, 0.2) is 29.1 Å². The van der Waals surface area contributed by atoms with Crippen molar-refractivity contribution in [2.45, 2.75) is 6.54 Å². The Labute approximate surface area is 101 Å². The van der Waals surface area contributed by atoms with Gasteiger partial charge in [-0.1, -0.05) is 16.8 Å². The van der Waals surface area contributed by atoms with E-state index in [1.165, 1.54) is 18.5 Å². The number of benzene rings is 1. The number of aromatic carboxylic acids is 1. The molecule has 2 N–H and O–H groups in total. The SMILES string of the molecule is O=C(O)c1ccc(NCc2ncon2)c(Cl)c1. The third-order valence-corrected chi connectivity index (χ3v) is 2.37. The fourth-order valence-electron chi connectivity index (χ4n) is 1.24. The van der Waals surface area contributed by atoms with Gasteiger partial charge in [-0.25, -0.2) is 4.79 Å². The van der Waals surface area contributed by atoms with Crippen molar-refractivity contribution in [2.24, 2.45) is 0 Å². The fraction of sp³-hybridized carbons (Fsp3) is 0.100. The van der Waals surface area contributed by atoms with E-state index in [0.29, 0.717) is 23.1 Å². The number of hydrogen-bond donors (Lipinski definition) is 2. The molecule has 88 valence electrons. The summed E-state index contributed by atoms with van der Waals surface area (Å²) in [6, 6.07) is 4.43. The second-order valence-electron chi connectivity index (χ2n) is 3.20. The fourth-order valence-corrected chi connectivity index (χ4v) is 1.48. The molecule has 0 spiro atoms. The number of anilines is 1. The molecule has 1 aromatic carbocycles. The number of carboxylic acids is 1. The van der Waals surface area contributed by atoms with Gasteiger partial charge in [0.2, 0.25) is 6.39 Å². The van der Waals surface area contributed by atoms with Crippen LogP contribution in [0.4, 0.5) is 5.69 Å². The molecule has 0 aliphatic heterocycles. The van der Waals surface area contributed by atoms with Gasteiger partial charge in [-0.15, -0.1) is 0 Å². The lowest BCUT2D eigenvalue weighted by atomic mass is 10.2. The number of halogens is 1. The van der Waals surface area contributed by atoms with Gasteiger partial charge in [-0.2, -0.15) is 4.98 Å². The van der Waals surface area contributed by atoms with Crippen LogP contribution in [0.25, 0.3) is 0 Å². The lowest BCUT2D eigenvalue weighted by Crippen LogP contribution is -2.03. The minimum atomic E-state index is -1.02. The maximum atomic E-state index is 10.7. The number of carbonyl (C=O) groups is 1.